The smallest absolute Gasteiger partial charge is 0.307 e. The third-order valence-corrected chi connectivity index (χ3v) is 3.09. The van der Waals surface area contributed by atoms with E-state index in [1.54, 1.807) is 0 Å². The number of ether oxygens (including phenoxy) is 1. The Morgan fingerprint density at radius 2 is 1.35 bits per heavy atom. The summed E-state index contributed by atoms with van der Waals surface area (Å²) in [5.41, 5.74) is 0. The zero-order chi connectivity index (χ0) is 13.1. The molecule has 0 aliphatic heterocycles. The molecule has 0 amide bonds. The maximum absolute atomic E-state index is 11.5. The summed E-state index contributed by atoms with van der Waals surface area (Å²) in [7, 11) is 0. The lowest BCUT2D eigenvalue weighted by Gasteiger charge is -2.19. The van der Waals surface area contributed by atoms with Crippen molar-refractivity contribution in [2.45, 2.75) is 34.1 Å². The number of carbonyl (C=O) groups excluding carboxylic acids is 1. The van der Waals surface area contributed by atoms with Gasteiger partial charge in [-0.05, 0) is 26.2 Å². The highest BCUT2D eigenvalue weighted by Crippen LogP contribution is 1.94. The Kier molecular flexibility index (Phi) is 10.2. The third kappa shape index (κ3) is 8.16. The zero-order valence-electron chi connectivity index (χ0n) is 11.9. The van der Waals surface area contributed by atoms with Crippen LogP contribution in [0.1, 0.15) is 34.1 Å². The maximum atomic E-state index is 11.5. The first-order chi connectivity index (χ1) is 8.17. The summed E-state index contributed by atoms with van der Waals surface area (Å²) in [4.78, 5) is 15.9. The summed E-state index contributed by atoms with van der Waals surface area (Å²) in [6.45, 7) is 14.6. The molecular formula is C13H28N2O2. The molecule has 0 spiro atoms. The molecule has 17 heavy (non-hydrogen) atoms. The first kappa shape index (κ1) is 16.4. The number of likely N-dealkylation sites (N-methyl/N-ethyl adjacent to an activating group) is 1. The normalized spacial score (nSPS) is 11.2. The van der Waals surface area contributed by atoms with Crippen LogP contribution in [0.25, 0.3) is 0 Å². The summed E-state index contributed by atoms with van der Waals surface area (Å²) in [6, 6.07) is 0. The van der Waals surface area contributed by atoms with Crippen LogP contribution in [-0.2, 0) is 9.53 Å². The molecule has 0 fully saturated rings. The van der Waals surface area contributed by atoms with Crippen molar-refractivity contribution in [2.24, 2.45) is 0 Å². The minimum atomic E-state index is -0.0796. The number of hydrogen-bond acceptors (Lipinski definition) is 4. The molecule has 0 aromatic rings. The Morgan fingerprint density at radius 3 is 1.82 bits per heavy atom. The lowest BCUT2D eigenvalue weighted by Crippen LogP contribution is -2.29. The molecule has 0 saturated carbocycles. The van der Waals surface area contributed by atoms with E-state index in [2.05, 4.69) is 37.5 Å². The molecule has 0 aromatic heterocycles. The van der Waals surface area contributed by atoms with Crippen molar-refractivity contribution in [2.75, 3.05) is 45.9 Å². The van der Waals surface area contributed by atoms with E-state index in [0.29, 0.717) is 13.0 Å². The van der Waals surface area contributed by atoms with Gasteiger partial charge in [0.1, 0.15) is 6.61 Å². The number of nitrogens with zero attached hydrogens (tertiary/aromatic N) is 2. The van der Waals surface area contributed by atoms with Crippen LogP contribution in [0.4, 0.5) is 0 Å². The molecular weight excluding hydrogens is 216 g/mol. The second kappa shape index (κ2) is 10.5. The van der Waals surface area contributed by atoms with Crippen molar-refractivity contribution in [3.63, 3.8) is 0 Å². The molecule has 0 bridgehead atoms. The van der Waals surface area contributed by atoms with Gasteiger partial charge in [-0.2, -0.15) is 0 Å². The van der Waals surface area contributed by atoms with Crippen molar-refractivity contribution in [3.8, 4) is 0 Å². The summed E-state index contributed by atoms with van der Waals surface area (Å²) >= 11 is 0. The molecule has 0 aliphatic carbocycles. The molecule has 0 atom stereocenters. The van der Waals surface area contributed by atoms with E-state index in [0.717, 1.165) is 39.3 Å². The van der Waals surface area contributed by atoms with Crippen LogP contribution in [0.15, 0.2) is 0 Å². The standard InChI is InChI=1S/C13H28N2O2/c1-5-14(6-2)10-9-13(16)17-12-11-15(7-3)8-4/h5-12H2,1-4H3. The summed E-state index contributed by atoms with van der Waals surface area (Å²) < 4.78 is 5.21. The number of esters is 1. The maximum Gasteiger partial charge on any atom is 0.307 e. The van der Waals surface area contributed by atoms with Crippen LogP contribution >= 0.6 is 0 Å². The SMILES string of the molecule is CCN(CC)CCOC(=O)CCN(CC)CC. The van der Waals surface area contributed by atoms with E-state index < -0.39 is 0 Å². The van der Waals surface area contributed by atoms with Crippen LogP contribution < -0.4 is 0 Å². The van der Waals surface area contributed by atoms with Crippen LogP contribution in [0, 0.1) is 0 Å². The molecule has 0 saturated heterocycles. The predicted molar refractivity (Wildman–Crippen MR) is 71.2 cm³/mol. The van der Waals surface area contributed by atoms with E-state index in [9.17, 15) is 4.79 Å². The van der Waals surface area contributed by atoms with Gasteiger partial charge in [0.2, 0.25) is 0 Å². The van der Waals surface area contributed by atoms with Gasteiger partial charge in [-0.3, -0.25) is 4.79 Å². The van der Waals surface area contributed by atoms with Gasteiger partial charge in [0.15, 0.2) is 0 Å². The topological polar surface area (TPSA) is 32.8 Å². The van der Waals surface area contributed by atoms with Gasteiger partial charge in [-0.1, -0.05) is 27.7 Å². The first-order valence-corrected chi connectivity index (χ1v) is 6.78. The number of hydrogen-bond donors (Lipinski definition) is 0. The Labute approximate surface area is 106 Å². The quantitative estimate of drug-likeness (QED) is 0.547. The van der Waals surface area contributed by atoms with Crippen molar-refractivity contribution < 1.29 is 9.53 Å². The van der Waals surface area contributed by atoms with Gasteiger partial charge in [-0.15, -0.1) is 0 Å². The molecule has 0 heterocycles. The fourth-order valence-electron chi connectivity index (χ4n) is 1.69. The summed E-state index contributed by atoms with van der Waals surface area (Å²) in [5.74, 6) is -0.0796. The average molecular weight is 244 g/mol. The molecule has 0 N–H and O–H groups in total. The van der Waals surface area contributed by atoms with Crippen LogP contribution in [0.3, 0.4) is 0 Å². The van der Waals surface area contributed by atoms with E-state index in [1.807, 2.05) is 0 Å². The van der Waals surface area contributed by atoms with Crippen LogP contribution in [0.2, 0.25) is 0 Å². The second-order valence-corrected chi connectivity index (χ2v) is 4.02. The molecule has 4 nitrogen and oxygen atoms in total. The van der Waals surface area contributed by atoms with Gasteiger partial charge < -0.3 is 14.5 Å². The molecule has 102 valence electrons. The van der Waals surface area contributed by atoms with E-state index in [4.69, 9.17) is 4.74 Å². The molecule has 0 aliphatic rings. The fraction of sp³-hybridized carbons (Fsp3) is 0.923. The monoisotopic (exact) mass is 244 g/mol. The van der Waals surface area contributed by atoms with Gasteiger partial charge in [0.05, 0.1) is 6.42 Å². The lowest BCUT2D eigenvalue weighted by atomic mass is 10.4. The van der Waals surface area contributed by atoms with Gasteiger partial charge in [0, 0.05) is 13.1 Å². The first-order valence-electron chi connectivity index (χ1n) is 6.78. The van der Waals surface area contributed by atoms with Crippen LogP contribution in [0.5, 0.6) is 0 Å². The number of carbonyl (C=O) groups is 1. The van der Waals surface area contributed by atoms with E-state index in [1.165, 1.54) is 0 Å². The van der Waals surface area contributed by atoms with Gasteiger partial charge in [-0.25, -0.2) is 0 Å². The van der Waals surface area contributed by atoms with Crippen molar-refractivity contribution in [1.29, 1.82) is 0 Å². The molecule has 0 aromatic carbocycles. The van der Waals surface area contributed by atoms with Gasteiger partial charge >= 0.3 is 5.97 Å². The average Bonchev–Trinajstić information content (AvgIpc) is 2.36. The van der Waals surface area contributed by atoms with Crippen molar-refractivity contribution >= 4 is 5.97 Å². The molecule has 0 rings (SSSR count). The van der Waals surface area contributed by atoms with Crippen molar-refractivity contribution in [3.05, 3.63) is 0 Å². The summed E-state index contributed by atoms with van der Waals surface area (Å²) in [6.07, 6.45) is 0.500. The Hall–Kier alpha value is -0.610. The van der Waals surface area contributed by atoms with E-state index in [-0.39, 0.29) is 5.97 Å². The van der Waals surface area contributed by atoms with Gasteiger partial charge in [0.25, 0.3) is 0 Å². The van der Waals surface area contributed by atoms with Crippen LogP contribution in [-0.4, -0.2) is 61.6 Å². The minimum Gasteiger partial charge on any atom is -0.464 e. The zero-order valence-corrected chi connectivity index (χ0v) is 11.9. The highest BCUT2D eigenvalue weighted by molar-refractivity contribution is 5.69. The Bertz CT molecular complexity index is 190. The molecule has 0 radical (unpaired) electrons. The highest BCUT2D eigenvalue weighted by Gasteiger charge is 2.07. The summed E-state index contributed by atoms with van der Waals surface area (Å²) in [5, 5.41) is 0. The largest absolute Gasteiger partial charge is 0.464 e. The highest BCUT2D eigenvalue weighted by atomic mass is 16.5. The lowest BCUT2D eigenvalue weighted by molar-refractivity contribution is -0.144. The fourth-order valence-corrected chi connectivity index (χ4v) is 1.69. The third-order valence-electron chi connectivity index (χ3n) is 3.09. The predicted octanol–water partition coefficient (Wildman–Crippen LogP) is 1.60. The molecule has 0 unspecified atom stereocenters. The molecule has 4 heteroatoms. The minimum absolute atomic E-state index is 0.0796. The number of rotatable bonds is 10. The van der Waals surface area contributed by atoms with E-state index >= 15 is 0 Å². The Morgan fingerprint density at radius 1 is 0.882 bits per heavy atom. The second-order valence-electron chi connectivity index (χ2n) is 4.02. The van der Waals surface area contributed by atoms with Crippen molar-refractivity contribution in [1.82, 2.24) is 9.80 Å². The Balaban J connectivity index is 3.59.